The number of rotatable bonds is 8. The van der Waals surface area contributed by atoms with E-state index in [9.17, 15) is 4.79 Å². The van der Waals surface area contributed by atoms with Gasteiger partial charge in [-0.1, -0.05) is 43.4 Å². The number of benzene rings is 2. The van der Waals surface area contributed by atoms with E-state index < -0.39 is 0 Å². The molecule has 1 aliphatic heterocycles. The number of aryl methyl sites for hydroxylation is 1. The highest BCUT2D eigenvalue weighted by Crippen LogP contribution is 2.28. The van der Waals surface area contributed by atoms with E-state index in [1.54, 1.807) is 0 Å². The van der Waals surface area contributed by atoms with Crippen LogP contribution in [0.2, 0.25) is 0 Å². The van der Waals surface area contributed by atoms with Gasteiger partial charge in [0.05, 0.1) is 23.2 Å². The molecule has 0 spiro atoms. The van der Waals surface area contributed by atoms with E-state index in [2.05, 4.69) is 59.4 Å². The lowest BCUT2D eigenvalue weighted by atomic mass is 9.99. The SMILES string of the molecule is CCc1ccc(OCCC(=O)Nc2nc3ccc(CN4CCC(C)CC4)cc3s2)cc1. The molecule has 0 atom stereocenters. The molecular weight excluding hydrogens is 406 g/mol. The summed E-state index contributed by atoms with van der Waals surface area (Å²) in [5, 5.41) is 3.57. The van der Waals surface area contributed by atoms with Gasteiger partial charge in [-0.25, -0.2) is 4.98 Å². The smallest absolute Gasteiger partial charge is 0.229 e. The van der Waals surface area contributed by atoms with Gasteiger partial charge in [0.1, 0.15) is 5.75 Å². The number of thiazole rings is 1. The van der Waals surface area contributed by atoms with Crippen molar-refractivity contribution in [2.24, 2.45) is 5.92 Å². The van der Waals surface area contributed by atoms with Gasteiger partial charge in [0.25, 0.3) is 0 Å². The number of hydrogen-bond acceptors (Lipinski definition) is 5. The second-order valence-electron chi connectivity index (χ2n) is 8.42. The minimum atomic E-state index is -0.0769. The molecule has 1 saturated heterocycles. The van der Waals surface area contributed by atoms with Crippen molar-refractivity contribution in [1.29, 1.82) is 0 Å². The Balaban J connectivity index is 1.28. The summed E-state index contributed by atoms with van der Waals surface area (Å²) in [4.78, 5) is 19.4. The number of hydrogen-bond donors (Lipinski definition) is 1. The topological polar surface area (TPSA) is 54.5 Å². The second kappa shape index (κ2) is 10.2. The van der Waals surface area contributed by atoms with Crippen molar-refractivity contribution in [1.82, 2.24) is 9.88 Å². The number of carbonyl (C=O) groups is 1. The fourth-order valence-electron chi connectivity index (χ4n) is 3.86. The molecule has 6 heteroatoms. The minimum absolute atomic E-state index is 0.0769. The molecule has 1 aromatic heterocycles. The zero-order valence-corrected chi connectivity index (χ0v) is 19.2. The second-order valence-corrected chi connectivity index (χ2v) is 9.45. The third kappa shape index (κ3) is 6.05. The first-order chi connectivity index (χ1) is 15.1. The maximum absolute atomic E-state index is 12.3. The van der Waals surface area contributed by atoms with Gasteiger partial charge in [-0.3, -0.25) is 9.69 Å². The summed E-state index contributed by atoms with van der Waals surface area (Å²) >= 11 is 1.53. The molecule has 0 bridgehead atoms. The molecule has 0 saturated carbocycles. The van der Waals surface area contributed by atoms with Crippen molar-refractivity contribution in [3.05, 3.63) is 53.6 Å². The molecule has 1 aliphatic rings. The van der Waals surface area contributed by atoms with Crippen molar-refractivity contribution in [3.63, 3.8) is 0 Å². The number of nitrogens with zero attached hydrogens (tertiary/aromatic N) is 2. The molecule has 5 nitrogen and oxygen atoms in total. The van der Waals surface area contributed by atoms with E-state index in [1.165, 1.54) is 48.4 Å². The number of amides is 1. The Morgan fingerprint density at radius 3 is 2.65 bits per heavy atom. The molecule has 0 aliphatic carbocycles. The minimum Gasteiger partial charge on any atom is -0.493 e. The Labute approximate surface area is 188 Å². The zero-order valence-electron chi connectivity index (χ0n) is 18.4. The van der Waals surface area contributed by atoms with Gasteiger partial charge in [-0.15, -0.1) is 0 Å². The molecule has 4 rings (SSSR count). The Morgan fingerprint density at radius 2 is 1.90 bits per heavy atom. The van der Waals surface area contributed by atoms with E-state index in [1.807, 2.05) is 12.1 Å². The van der Waals surface area contributed by atoms with Crippen LogP contribution in [0.4, 0.5) is 5.13 Å². The number of nitrogens with one attached hydrogen (secondary N) is 1. The molecule has 2 aromatic carbocycles. The molecule has 1 amide bonds. The molecule has 0 radical (unpaired) electrons. The Hall–Kier alpha value is -2.44. The Bertz CT molecular complexity index is 1010. The number of anilines is 1. The van der Waals surface area contributed by atoms with Crippen LogP contribution < -0.4 is 10.1 Å². The first-order valence-electron chi connectivity index (χ1n) is 11.2. The molecule has 1 fully saturated rings. The summed E-state index contributed by atoms with van der Waals surface area (Å²) in [6, 6.07) is 14.4. The standard InChI is InChI=1S/C25H31N3O2S/c1-3-19-4-7-21(8-5-19)30-15-12-24(29)27-25-26-22-9-6-20(16-23(22)31-25)17-28-13-10-18(2)11-14-28/h4-9,16,18H,3,10-15,17H2,1-2H3,(H,26,27,29). The average molecular weight is 438 g/mol. The monoisotopic (exact) mass is 437 g/mol. The molecular formula is C25H31N3O2S. The number of aromatic nitrogens is 1. The Kier molecular flexibility index (Phi) is 7.20. The van der Waals surface area contributed by atoms with Crippen molar-refractivity contribution in [3.8, 4) is 5.75 Å². The predicted molar refractivity (Wildman–Crippen MR) is 128 cm³/mol. The lowest BCUT2D eigenvalue weighted by Crippen LogP contribution is -2.32. The Morgan fingerprint density at radius 1 is 1.16 bits per heavy atom. The van der Waals surface area contributed by atoms with Crippen LogP contribution in [0.3, 0.4) is 0 Å². The van der Waals surface area contributed by atoms with Crippen LogP contribution in [0.5, 0.6) is 5.75 Å². The van der Waals surface area contributed by atoms with Crippen molar-refractivity contribution >= 4 is 32.6 Å². The summed E-state index contributed by atoms with van der Waals surface area (Å²) in [5.74, 6) is 1.56. The normalized spacial score (nSPS) is 15.3. The molecule has 0 unspecified atom stereocenters. The van der Waals surface area contributed by atoms with Crippen LogP contribution in [-0.2, 0) is 17.8 Å². The fourth-order valence-corrected chi connectivity index (χ4v) is 4.81. The van der Waals surface area contributed by atoms with Gasteiger partial charge < -0.3 is 10.1 Å². The number of piperidine rings is 1. The number of likely N-dealkylation sites (tertiary alicyclic amines) is 1. The van der Waals surface area contributed by atoms with Crippen LogP contribution in [-0.4, -0.2) is 35.5 Å². The van der Waals surface area contributed by atoms with E-state index in [0.29, 0.717) is 18.2 Å². The van der Waals surface area contributed by atoms with E-state index >= 15 is 0 Å². The lowest BCUT2D eigenvalue weighted by molar-refractivity contribution is -0.116. The van der Waals surface area contributed by atoms with E-state index in [4.69, 9.17) is 4.74 Å². The quantitative estimate of drug-likeness (QED) is 0.506. The van der Waals surface area contributed by atoms with E-state index in [-0.39, 0.29) is 5.91 Å². The van der Waals surface area contributed by atoms with Gasteiger partial charge in [-0.2, -0.15) is 0 Å². The summed E-state index contributed by atoms with van der Waals surface area (Å²) < 4.78 is 6.80. The van der Waals surface area contributed by atoms with Gasteiger partial charge in [-0.05, 0) is 73.7 Å². The highest BCUT2D eigenvalue weighted by molar-refractivity contribution is 7.22. The summed E-state index contributed by atoms with van der Waals surface area (Å²) in [5.41, 5.74) is 3.52. The van der Waals surface area contributed by atoms with E-state index in [0.717, 1.165) is 34.8 Å². The van der Waals surface area contributed by atoms with Crippen molar-refractivity contribution < 1.29 is 9.53 Å². The van der Waals surface area contributed by atoms with Gasteiger partial charge in [0.15, 0.2) is 5.13 Å². The molecule has 164 valence electrons. The third-order valence-corrected chi connectivity index (χ3v) is 6.84. The number of fused-ring (bicyclic) bond motifs is 1. The molecule has 2 heterocycles. The van der Waals surface area contributed by atoms with Gasteiger partial charge >= 0.3 is 0 Å². The largest absolute Gasteiger partial charge is 0.493 e. The average Bonchev–Trinajstić information content (AvgIpc) is 3.17. The van der Waals surface area contributed by atoms with Crippen LogP contribution in [0.25, 0.3) is 10.2 Å². The molecule has 3 aromatic rings. The maximum Gasteiger partial charge on any atom is 0.229 e. The predicted octanol–water partition coefficient (Wildman–Crippen LogP) is 5.50. The number of ether oxygens (including phenoxy) is 1. The van der Waals surface area contributed by atoms with Crippen molar-refractivity contribution in [2.45, 2.75) is 46.1 Å². The molecule has 1 N–H and O–H groups in total. The fraction of sp³-hybridized carbons (Fsp3) is 0.440. The highest BCUT2D eigenvalue weighted by Gasteiger charge is 2.16. The first kappa shape index (κ1) is 21.8. The third-order valence-electron chi connectivity index (χ3n) is 5.91. The van der Waals surface area contributed by atoms with Crippen LogP contribution in [0.15, 0.2) is 42.5 Å². The van der Waals surface area contributed by atoms with Crippen LogP contribution in [0, 0.1) is 5.92 Å². The number of carbonyl (C=O) groups excluding carboxylic acids is 1. The van der Waals surface area contributed by atoms with Crippen molar-refractivity contribution in [2.75, 3.05) is 25.0 Å². The maximum atomic E-state index is 12.3. The van der Waals surface area contributed by atoms with Gasteiger partial charge in [0, 0.05) is 6.54 Å². The lowest BCUT2D eigenvalue weighted by Gasteiger charge is -2.30. The summed E-state index contributed by atoms with van der Waals surface area (Å²) in [6.45, 7) is 8.14. The molecule has 31 heavy (non-hydrogen) atoms. The van der Waals surface area contributed by atoms with Gasteiger partial charge in [0.2, 0.25) is 5.91 Å². The zero-order chi connectivity index (χ0) is 21.6. The van der Waals surface area contributed by atoms with Crippen LogP contribution in [0.1, 0.15) is 44.2 Å². The van der Waals surface area contributed by atoms with Crippen LogP contribution >= 0.6 is 11.3 Å². The summed E-state index contributed by atoms with van der Waals surface area (Å²) in [7, 11) is 0. The summed E-state index contributed by atoms with van der Waals surface area (Å²) in [6.07, 6.45) is 3.87. The highest BCUT2D eigenvalue weighted by atomic mass is 32.1. The first-order valence-corrected chi connectivity index (χ1v) is 12.0.